The lowest BCUT2D eigenvalue weighted by Crippen LogP contribution is -2.31. The van der Waals surface area contributed by atoms with E-state index in [1.165, 1.54) is 55.7 Å². The molecule has 50 heavy (non-hydrogen) atoms. The molecule has 5 aromatic carbocycles. The molecule has 244 valence electrons. The van der Waals surface area contributed by atoms with E-state index in [0.29, 0.717) is 12.0 Å². The molecule has 0 N–H and O–H groups in total. The van der Waals surface area contributed by atoms with Crippen molar-refractivity contribution in [3.05, 3.63) is 191 Å². The number of rotatable bonds is 8. The molecule has 0 amide bonds. The van der Waals surface area contributed by atoms with Gasteiger partial charge in [-0.05, 0) is 70.5 Å². The predicted octanol–water partition coefficient (Wildman–Crippen LogP) is 11.2. The quantitative estimate of drug-likeness (QED) is 0.149. The minimum absolute atomic E-state index is 0.300. The molecule has 0 radical (unpaired) electrons. The number of aromatic nitrogens is 1. The predicted molar refractivity (Wildman–Crippen MR) is 212 cm³/mol. The van der Waals surface area contributed by atoms with Gasteiger partial charge in [0.15, 0.2) is 0 Å². The first-order valence-electron chi connectivity index (χ1n) is 17.9. The zero-order chi connectivity index (χ0) is 33.9. The van der Waals surface area contributed by atoms with Gasteiger partial charge in [-0.25, -0.2) is 0 Å². The van der Waals surface area contributed by atoms with Crippen LogP contribution in [-0.4, -0.2) is 17.7 Å². The van der Waals surface area contributed by atoms with Crippen molar-refractivity contribution in [3.8, 4) is 23.0 Å². The van der Waals surface area contributed by atoms with Crippen LogP contribution in [-0.2, 0) is 13.0 Å². The second kappa shape index (κ2) is 14.0. The lowest BCUT2D eigenvalue weighted by atomic mass is 9.88. The number of allylic oxidation sites excluding steroid dienone is 3. The summed E-state index contributed by atoms with van der Waals surface area (Å²) in [5.74, 6) is 8.56. The van der Waals surface area contributed by atoms with Gasteiger partial charge in [0.1, 0.15) is 5.82 Å². The first kappa shape index (κ1) is 31.5. The van der Waals surface area contributed by atoms with Gasteiger partial charge < -0.3 is 9.47 Å². The number of aryl methyl sites for hydroxylation is 1. The lowest BCUT2D eigenvalue weighted by molar-refractivity contribution is 0.637. The van der Waals surface area contributed by atoms with E-state index in [0.717, 1.165) is 36.9 Å². The minimum Gasteiger partial charge on any atom is -0.353 e. The van der Waals surface area contributed by atoms with E-state index in [2.05, 4.69) is 193 Å². The molecule has 0 saturated heterocycles. The summed E-state index contributed by atoms with van der Waals surface area (Å²) < 4.78 is 2.56. The number of likely N-dealkylation sites (N-methyl/N-ethyl adjacent to an activating group) is 1. The second-order valence-electron chi connectivity index (χ2n) is 13.6. The van der Waals surface area contributed by atoms with Crippen LogP contribution < -0.4 is 4.90 Å². The maximum absolute atomic E-state index is 3.47. The fraction of sp³-hybridized carbons (Fsp3) is 0.167. The monoisotopic (exact) mass is 646 g/mol. The number of hydrogen-bond donors (Lipinski definition) is 0. The van der Waals surface area contributed by atoms with Gasteiger partial charge in [-0.2, -0.15) is 0 Å². The first-order valence-corrected chi connectivity index (χ1v) is 17.9. The fourth-order valence-electron chi connectivity index (χ4n) is 7.54. The number of anilines is 1. The van der Waals surface area contributed by atoms with Gasteiger partial charge in [0, 0.05) is 41.6 Å². The Morgan fingerprint density at radius 2 is 1.38 bits per heavy atom. The molecular weight excluding hydrogens is 605 g/mol. The Bertz CT molecular complexity index is 2270. The normalized spacial score (nSPS) is 16.3. The van der Waals surface area contributed by atoms with Crippen LogP contribution in [0.15, 0.2) is 157 Å². The van der Waals surface area contributed by atoms with Crippen molar-refractivity contribution < 1.29 is 0 Å². The van der Waals surface area contributed by atoms with E-state index >= 15 is 0 Å². The maximum Gasteiger partial charge on any atom is 0.113 e. The van der Waals surface area contributed by atoms with Crippen LogP contribution in [0.25, 0.3) is 28.1 Å². The highest BCUT2D eigenvalue weighted by atomic mass is 15.3. The van der Waals surface area contributed by atoms with Crippen molar-refractivity contribution in [3.63, 3.8) is 0 Å². The Morgan fingerprint density at radius 1 is 0.700 bits per heavy atom. The van der Waals surface area contributed by atoms with Crippen molar-refractivity contribution >= 4 is 22.8 Å². The summed E-state index contributed by atoms with van der Waals surface area (Å²) >= 11 is 0. The Labute approximate surface area is 296 Å². The molecule has 0 spiro atoms. The molecule has 0 fully saturated rings. The number of hydrogen-bond acceptors (Lipinski definition) is 1. The first-order chi connectivity index (χ1) is 24.6. The van der Waals surface area contributed by atoms with Gasteiger partial charge in [-0.1, -0.05) is 159 Å². The second-order valence-corrected chi connectivity index (χ2v) is 13.6. The average molecular weight is 647 g/mol. The Kier molecular flexibility index (Phi) is 8.81. The third-order valence-electron chi connectivity index (χ3n) is 10.2. The van der Waals surface area contributed by atoms with E-state index in [-0.39, 0.29) is 0 Å². The molecule has 0 bridgehead atoms. The third kappa shape index (κ3) is 6.36. The van der Waals surface area contributed by atoms with E-state index in [4.69, 9.17) is 0 Å². The van der Waals surface area contributed by atoms with Gasteiger partial charge in [0.05, 0.1) is 11.6 Å². The molecule has 2 heterocycles. The topological polar surface area (TPSA) is 8.17 Å². The van der Waals surface area contributed by atoms with E-state index in [1.807, 2.05) is 0 Å². The smallest absolute Gasteiger partial charge is 0.113 e. The maximum atomic E-state index is 3.47. The number of fused-ring (bicyclic) bond motifs is 5. The van der Waals surface area contributed by atoms with Crippen molar-refractivity contribution in [2.45, 2.75) is 44.7 Å². The van der Waals surface area contributed by atoms with E-state index in [1.54, 1.807) is 0 Å². The highest BCUT2D eigenvalue weighted by molar-refractivity contribution is 5.94. The van der Waals surface area contributed by atoms with Crippen molar-refractivity contribution in [2.75, 3.05) is 11.9 Å². The summed E-state index contributed by atoms with van der Waals surface area (Å²) in [4.78, 5) is 2.50. The van der Waals surface area contributed by atoms with Gasteiger partial charge >= 0.3 is 0 Å². The molecule has 2 aliphatic rings. The lowest BCUT2D eigenvalue weighted by Gasteiger charge is -2.27. The summed E-state index contributed by atoms with van der Waals surface area (Å²) in [5.41, 5.74) is 12.4. The zero-order valence-electron chi connectivity index (χ0n) is 28.9. The van der Waals surface area contributed by atoms with Crippen LogP contribution in [0.3, 0.4) is 0 Å². The highest BCUT2D eigenvalue weighted by Gasteiger charge is 2.40. The molecule has 0 saturated carbocycles. The Hall–Kier alpha value is -5.78. The number of nitrogens with zero attached hydrogens (tertiary/aromatic N) is 2. The summed E-state index contributed by atoms with van der Waals surface area (Å²) in [6.45, 7) is 3.28. The Morgan fingerprint density at radius 3 is 2.14 bits per heavy atom. The highest BCUT2D eigenvalue weighted by Crippen LogP contribution is 2.49. The van der Waals surface area contributed by atoms with Crippen molar-refractivity contribution in [2.24, 2.45) is 0 Å². The fourth-order valence-corrected chi connectivity index (χ4v) is 7.54. The SMILES string of the molecule is CCCCn1c2c(c3ccc(C#Cc4ccc(-c5ccccc5)cc4)cc31)C1C=CC(/C=C/c3ccc(Cc4ccccc4)cc3)=CC1N2C. The van der Waals surface area contributed by atoms with Crippen molar-refractivity contribution in [1.82, 2.24) is 4.57 Å². The van der Waals surface area contributed by atoms with Crippen LogP contribution in [0.4, 0.5) is 5.82 Å². The molecule has 2 heteroatoms. The standard InChI is InChI=1S/C48H42N2/c1-3-4-31-50-46-34-40(22-18-36-23-27-42(28-24-36)41-13-9-6-10-14-41)26-30-44(46)47-43-29-25-39(33-45(43)49(2)48(47)50)21-17-35-15-19-38(20-16-35)32-37-11-7-5-8-12-37/h5-17,19-21,23-30,33-34,43,45H,3-4,31-32H2,1-2H3/b21-17+. The minimum atomic E-state index is 0.300. The molecule has 2 atom stereocenters. The van der Waals surface area contributed by atoms with Crippen molar-refractivity contribution in [1.29, 1.82) is 0 Å². The van der Waals surface area contributed by atoms with E-state index < -0.39 is 0 Å². The van der Waals surface area contributed by atoms with Gasteiger partial charge in [-0.15, -0.1) is 0 Å². The van der Waals surface area contributed by atoms with E-state index in [9.17, 15) is 0 Å². The Balaban J connectivity index is 1.02. The van der Waals surface area contributed by atoms with Crippen LogP contribution in [0.5, 0.6) is 0 Å². The van der Waals surface area contributed by atoms with Crippen LogP contribution >= 0.6 is 0 Å². The van der Waals surface area contributed by atoms with Crippen LogP contribution in [0.1, 0.15) is 59.1 Å². The van der Waals surface area contributed by atoms with Gasteiger partial charge in [0.25, 0.3) is 0 Å². The molecule has 1 aliphatic carbocycles. The molecule has 6 aromatic rings. The largest absolute Gasteiger partial charge is 0.353 e. The number of unbranched alkanes of at least 4 members (excludes halogenated alkanes) is 1. The van der Waals surface area contributed by atoms with Gasteiger partial charge in [-0.3, -0.25) is 0 Å². The molecule has 1 aliphatic heterocycles. The summed E-state index contributed by atoms with van der Waals surface area (Å²) in [5, 5.41) is 1.35. The summed E-state index contributed by atoms with van der Waals surface area (Å²) in [6, 6.07) is 45.8. The molecule has 1 aromatic heterocycles. The van der Waals surface area contributed by atoms with Gasteiger partial charge in [0.2, 0.25) is 0 Å². The third-order valence-corrected chi connectivity index (χ3v) is 10.2. The number of benzene rings is 5. The molecule has 8 rings (SSSR count). The molecule has 2 unspecified atom stereocenters. The summed E-state index contributed by atoms with van der Waals surface area (Å²) in [6.07, 6.45) is 14.9. The summed E-state index contributed by atoms with van der Waals surface area (Å²) in [7, 11) is 2.27. The zero-order valence-corrected chi connectivity index (χ0v) is 28.9. The molecular formula is C48H42N2. The molecule has 2 nitrogen and oxygen atoms in total. The van der Waals surface area contributed by atoms with Crippen LogP contribution in [0.2, 0.25) is 0 Å². The van der Waals surface area contributed by atoms with Crippen LogP contribution in [0, 0.1) is 11.8 Å². The average Bonchev–Trinajstić information content (AvgIpc) is 3.64.